The zero-order chi connectivity index (χ0) is 7.56. The van der Waals surface area contributed by atoms with Crippen LogP contribution >= 0.6 is 12.4 Å². The van der Waals surface area contributed by atoms with Crippen molar-refractivity contribution in [2.24, 2.45) is 11.5 Å². The van der Waals surface area contributed by atoms with Gasteiger partial charge in [0.2, 0.25) is 0 Å². The summed E-state index contributed by atoms with van der Waals surface area (Å²) in [5, 5.41) is 0. The fourth-order valence-electron chi connectivity index (χ4n) is 0.961. The van der Waals surface area contributed by atoms with Gasteiger partial charge in [-0.1, -0.05) is 24.3 Å². The van der Waals surface area contributed by atoms with E-state index in [0.29, 0.717) is 0 Å². The summed E-state index contributed by atoms with van der Waals surface area (Å²) in [4.78, 5) is 0. The van der Waals surface area contributed by atoms with Crippen LogP contribution in [-0.4, -0.2) is 0 Å². The lowest BCUT2D eigenvalue weighted by Gasteiger charge is -2.07. The van der Waals surface area contributed by atoms with Crippen molar-refractivity contribution in [1.82, 2.24) is 0 Å². The molecule has 0 fully saturated rings. The van der Waals surface area contributed by atoms with Gasteiger partial charge in [0.05, 0.1) is 6.17 Å². The van der Waals surface area contributed by atoms with E-state index in [1.54, 1.807) is 0 Å². The van der Waals surface area contributed by atoms with Gasteiger partial charge in [-0.05, 0) is 18.1 Å². The van der Waals surface area contributed by atoms with E-state index in [9.17, 15) is 0 Å². The first-order chi connectivity index (χ1) is 4.72. The van der Waals surface area contributed by atoms with Gasteiger partial charge in [-0.2, -0.15) is 0 Å². The first kappa shape index (κ1) is 10.4. The number of rotatable bonds is 1. The van der Waals surface area contributed by atoms with Gasteiger partial charge in [0.25, 0.3) is 0 Å². The molecule has 0 aliphatic rings. The van der Waals surface area contributed by atoms with Crippen molar-refractivity contribution in [1.29, 1.82) is 0 Å². The standard InChI is InChI=1S/C8H12N2.ClH/c1-6-4-2-3-5-7(6)8(9)10;/h2-5,8H,9-10H2,1H3;1H. The fourth-order valence-corrected chi connectivity index (χ4v) is 0.961. The average molecular weight is 173 g/mol. The van der Waals surface area contributed by atoms with Crippen molar-refractivity contribution in [2.75, 3.05) is 0 Å². The Morgan fingerprint density at radius 1 is 1.18 bits per heavy atom. The predicted molar refractivity (Wildman–Crippen MR) is 49.5 cm³/mol. The van der Waals surface area contributed by atoms with E-state index in [4.69, 9.17) is 11.5 Å². The van der Waals surface area contributed by atoms with Crippen molar-refractivity contribution >= 4 is 12.4 Å². The maximum absolute atomic E-state index is 5.49. The number of halogens is 1. The van der Waals surface area contributed by atoms with Crippen LogP contribution < -0.4 is 11.5 Å². The van der Waals surface area contributed by atoms with E-state index in [-0.39, 0.29) is 18.6 Å². The Morgan fingerprint density at radius 3 is 2.09 bits per heavy atom. The average Bonchev–Trinajstić information content (AvgIpc) is 1.88. The Kier molecular flexibility index (Phi) is 4.11. The molecule has 2 nitrogen and oxygen atoms in total. The van der Waals surface area contributed by atoms with Gasteiger partial charge in [-0.25, -0.2) is 0 Å². The van der Waals surface area contributed by atoms with Crippen LogP contribution in [0, 0.1) is 6.92 Å². The Balaban J connectivity index is 0.000001000. The Labute approximate surface area is 73.0 Å². The maximum atomic E-state index is 5.49. The number of benzene rings is 1. The van der Waals surface area contributed by atoms with Crippen molar-refractivity contribution in [3.8, 4) is 0 Å². The molecule has 0 saturated carbocycles. The Bertz CT molecular complexity index is 223. The highest BCUT2D eigenvalue weighted by atomic mass is 35.5. The lowest BCUT2D eigenvalue weighted by molar-refractivity contribution is 0.767. The highest BCUT2D eigenvalue weighted by Gasteiger charge is 2.00. The van der Waals surface area contributed by atoms with E-state index in [1.807, 2.05) is 31.2 Å². The molecule has 0 bridgehead atoms. The van der Waals surface area contributed by atoms with Crippen LogP contribution in [0.4, 0.5) is 0 Å². The van der Waals surface area contributed by atoms with Crippen LogP contribution in [0.2, 0.25) is 0 Å². The van der Waals surface area contributed by atoms with Crippen LogP contribution in [-0.2, 0) is 0 Å². The Hall–Kier alpha value is -0.570. The fraction of sp³-hybridized carbons (Fsp3) is 0.250. The molecule has 0 saturated heterocycles. The van der Waals surface area contributed by atoms with E-state index in [0.717, 1.165) is 11.1 Å². The zero-order valence-electron chi connectivity index (χ0n) is 6.45. The summed E-state index contributed by atoms with van der Waals surface area (Å²) in [7, 11) is 0. The largest absolute Gasteiger partial charge is 0.312 e. The molecule has 62 valence electrons. The molecule has 1 aromatic carbocycles. The van der Waals surface area contributed by atoms with Gasteiger partial charge in [0, 0.05) is 0 Å². The normalized spacial score (nSPS) is 9.45. The minimum atomic E-state index is -0.346. The van der Waals surface area contributed by atoms with E-state index < -0.39 is 0 Å². The molecule has 0 aliphatic carbocycles. The van der Waals surface area contributed by atoms with Crippen molar-refractivity contribution in [3.63, 3.8) is 0 Å². The molecule has 4 N–H and O–H groups in total. The number of nitrogens with two attached hydrogens (primary N) is 2. The van der Waals surface area contributed by atoms with Crippen LogP contribution in [0.3, 0.4) is 0 Å². The minimum absolute atomic E-state index is 0. The molecule has 0 spiro atoms. The quantitative estimate of drug-likeness (QED) is 0.628. The summed E-state index contributed by atoms with van der Waals surface area (Å²) in [6, 6.07) is 7.86. The van der Waals surface area contributed by atoms with Crippen molar-refractivity contribution < 1.29 is 0 Å². The van der Waals surface area contributed by atoms with E-state index in [1.165, 1.54) is 0 Å². The number of hydrogen-bond acceptors (Lipinski definition) is 2. The molecule has 0 unspecified atom stereocenters. The molecule has 0 aromatic heterocycles. The summed E-state index contributed by atoms with van der Waals surface area (Å²) in [6.07, 6.45) is -0.346. The van der Waals surface area contributed by atoms with Gasteiger partial charge in [-0.15, -0.1) is 12.4 Å². The molecule has 3 heteroatoms. The summed E-state index contributed by atoms with van der Waals surface area (Å²) in [5.74, 6) is 0. The lowest BCUT2D eigenvalue weighted by atomic mass is 10.1. The third kappa shape index (κ3) is 2.50. The van der Waals surface area contributed by atoms with Gasteiger partial charge < -0.3 is 11.5 Å². The van der Waals surface area contributed by atoms with Crippen LogP contribution in [0.5, 0.6) is 0 Å². The smallest absolute Gasteiger partial charge is 0.0787 e. The van der Waals surface area contributed by atoms with Crippen LogP contribution in [0.1, 0.15) is 17.3 Å². The van der Waals surface area contributed by atoms with Gasteiger partial charge >= 0.3 is 0 Å². The summed E-state index contributed by atoms with van der Waals surface area (Å²) < 4.78 is 0. The highest BCUT2D eigenvalue weighted by molar-refractivity contribution is 5.85. The SMILES string of the molecule is Cc1ccccc1C(N)N.Cl. The predicted octanol–water partition coefficient (Wildman–Crippen LogP) is 1.33. The Morgan fingerprint density at radius 2 is 1.73 bits per heavy atom. The molecular weight excluding hydrogens is 160 g/mol. The second-order valence-corrected chi connectivity index (χ2v) is 2.38. The monoisotopic (exact) mass is 172 g/mol. The third-order valence-corrected chi connectivity index (χ3v) is 1.55. The summed E-state index contributed by atoms with van der Waals surface area (Å²) in [6.45, 7) is 2.00. The molecule has 1 aromatic rings. The molecule has 0 amide bonds. The van der Waals surface area contributed by atoms with E-state index in [2.05, 4.69) is 0 Å². The van der Waals surface area contributed by atoms with Crippen molar-refractivity contribution in [2.45, 2.75) is 13.1 Å². The second kappa shape index (κ2) is 4.34. The zero-order valence-corrected chi connectivity index (χ0v) is 7.27. The van der Waals surface area contributed by atoms with Gasteiger partial charge in [0.15, 0.2) is 0 Å². The molecule has 1 rings (SSSR count). The second-order valence-electron chi connectivity index (χ2n) is 2.38. The molecule has 0 radical (unpaired) electrons. The molecule has 0 heterocycles. The molecular formula is C8H13ClN2. The van der Waals surface area contributed by atoms with Gasteiger partial charge in [0.1, 0.15) is 0 Å². The van der Waals surface area contributed by atoms with Crippen LogP contribution in [0.15, 0.2) is 24.3 Å². The van der Waals surface area contributed by atoms with Gasteiger partial charge in [-0.3, -0.25) is 0 Å². The third-order valence-electron chi connectivity index (χ3n) is 1.55. The number of hydrogen-bond donors (Lipinski definition) is 2. The maximum Gasteiger partial charge on any atom is 0.0787 e. The minimum Gasteiger partial charge on any atom is -0.312 e. The first-order valence-corrected chi connectivity index (χ1v) is 3.28. The first-order valence-electron chi connectivity index (χ1n) is 3.28. The van der Waals surface area contributed by atoms with Crippen LogP contribution in [0.25, 0.3) is 0 Å². The topological polar surface area (TPSA) is 52.0 Å². The molecule has 0 aliphatic heterocycles. The van der Waals surface area contributed by atoms with E-state index >= 15 is 0 Å². The summed E-state index contributed by atoms with van der Waals surface area (Å²) in [5.41, 5.74) is 13.2. The summed E-state index contributed by atoms with van der Waals surface area (Å²) >= 11 is 0. The van der Waals surface area contributed by atoms with Crippen molar-refractivity contribution in [3.05, 3.63) is 35.4 Å². The molecule has 0 atom stereocenters. The lowest BCUT2D eigenvalue weighted by Crippen LogP contribution is -2.20. The number of aryl methyl sites for hydroxylation is 1. The highest BCUT2D eigenvalue weighted by Crippen LogP contribution is 2.09. The molecule has 11 heavy (non-hydrogen) atoms.